The standard InChI is InChI=1S/C23H26ClN3O2/c1-15(20-25-19-12-11-17(24)13-18(19)21(28)26(20)5)27(22(29)23(2,3)4)14-16-9-7-6-8-10-16/h6-13,15H,14H2,1-5H3. The number of hydrogen-bond acceptors (Lipinski definition) is 3. The van der Waals surface area contributed by atoms with Crippen LogP contribution in [0.4, 0.5) is 0 Å². The highest BCUT2D eigenvalue weighted by Gasteiger charge is 2.32. The Kier molecular flexibility index (Phi) is 5.80. The number of benzene rings is 2. The zero-order valence-electron chi connectivity index (χ0n) is 17.4. The number of carbonyl (C=O) groups excluding carboxylic acids is 1. The van der Waals surface area contributed by atoms with Gasteiger partial charge in [-0.2, -0.15) is 0 Å². The van der Waals surface area contributed by atoms with Crippen LogP contribution in [0, 0.1) is 5.41 Å². The van der Waals surface area contributed by atoms with E-state index in [0.717, 1.165) is 5.56 Å². The van der Waals surface area contributed by atoms with Crippen LogP contribution < -0.4 is 5.56 Å². The third kappa shape index (κ3) is 4.35. The third-order valence-electron chi connectivity index (χ3n) is 5.01. The van der Waals surface area contributed by atoms with E-state index >= 15 is 0 Å². The van der Waals surface area contributed by atoms with Gasteiger partial charge in [0.2, 0.25) is 5.91 Å². The molecule has 0 aliphatic carbocycles. The van der Waals surface area contributed by atoms with Crippen molar-refractivity contribution >= 4 is 28.4 Å². The summed E-state index contributed by atoms with van der Waals surface area (Å²) in [7, 11) is 1.68. The summed E-state index contributed by atoms with van der Waals surface area (Å²) in [5, 5.41) is 0.957. The summed E-state index contributed by atoms with van der Waals surface area (Å²) >= 11 is 6.05. The van der Waals surface area contributed by atoms with E-state index in [1.165, 1.54) is 4.57 Å². The van der Waals surface area contributed by atoms with Crippen LogP contribution in [0.5, 0.6) is 0 Å². The van der Waals surface area contributed by atoms with Crippen molar-refractivity contribution in [3.8, 4) is 0 Å². The first-order chi connectivity index (χ1) is 13.6. The second kappa shape index (κ2) is 7.99. The Morgan fingerprint density at radius 3 is 2.45 bits per heavy atom. The van der Waals surface area contributed by atoms with Crippen molar-refractivity contribution in [1.29, 1.82) is 0 Å². The van der Waals surface area contributed by atoms with Gasteiger partial charge in [-0.3, -0.25) is 14.2 Å². The van der Waals surface area contributed by atoms with Gasteiger partial charge in [0.25, 0.3) is 5.56 Å². The highest BCUT2D eigenvalue weighted by Crippen LogP contribution is 2.28. The number of nitrogens with zero attached hydrogens (tertiary/aromatic N) is 3. The zero-order valence-corrected chi connectivity index (χ0v) is 18.2. The average Bonchev–Trinajstić information content (AvgIpc) is 2.68. The third-order valence-corrected chi connectivity index (χ3v) is 5.25. The molecular formula is C23H26ClN3O2. The number of rotatable bonds is 4. The summed E-state index contributed by atoms with van der Waals surface area (Å²) in [5.41, 5.74) is 0.852. The minimum Gasteiger partial charge on any atom is -0.328 e. The van der Waals surface area contributed by atoms with Crippen LogP contribution in [0.1, 0.15) is 45.1 Å². The summed E-state index contributed by atoms with van der Waals surface area (Å²) < 4.78 is 1.51. The molecule has 3 rings (SSSR count). The lowest BCUT2D eigenvalue weighted by Crippen LogP contribution is -2.42. The lowest BCUT2D eigenvalue weighted by atomic mass is 9.93. The van der Waals surface area contributed by atoms with E-state index in [9.17, 15) is 9.59 Å². The molecule has 5 nitrogen and oxygen atoms in total. The molecule has 1 atom stereocenters. The van der Waals surface area contributed by atoms with Crippen molar-refractivity contribution < 1.29 is 4.79 Å². The van der Waals surface area contributed by atoms with E-state index in [0.29, 0.717) is 28.3 Å². The van der Waals surface area contributed by atoms with E-state index in [4.69, 9.17) is 16.6 Å². The molecular weight excluding hydrogens is 386 g/mol. The van der Waals surface area contributed by atoms with Crippen molar-refractivity contribution in [1.82, 2.24) is 14.5 Å². The van der Waals surface area contributed by atoms with Gasteiger partial charge in [-0.1, -0.05) is 62.7 Å². The predicted molar refractivity (Wildman–Crippen MR) is 117 cm³/mol. The molecule has 0 N–H and O–H groups in total. The van der Waals surface area contributed by atoms with Crippen LogP contribution in [0.2, 0.25) is 5.02 Å². The van der Waals surface area contributed by atoms with Gasteiger partial charge >= 0.3 is 0 Å². The fourth-order valence-electron chi connectivity index (χ4n) is 3.37. The van der Waals surface area contributed by atoms with Gasteiger partial charge in [-0.15, -0.1) is 0 Å². The van der Waals surface area contributed by atoms with E-state index in [1.807, 2.05) is 58.0 Å². The topological polar surface area (TPSA) is 55.2 Å². The van der Waals surface area contributed by atoms with Crippen molar-refractivity contribution in [2.24, 2.45) is 12.5 Å². The Labute approximate surface area is 175 Å². The lowest BCUT2D eigenvalue weighted by Gasteiger charge is -2.34. The molecule has 152 valence electrons. The van der Waals surface area contributed by atoms with Gasteiger partial charge in [0, 0.05) is 24.0 Å². The minimum absolute atomic E-state index is 0.000643. The van der Waals surface area contributed by atoms with Crippen LogP contribution >= 0.6 is 11.6 Å². The molecule has 0 fully saturated rings. The molecule has 2 aromatic carbocycles. The summed E-state index contributed by atoms with van der Waals surface area (Å²) in [6, 6.07) is 14.5. The number of fused-ring (bicyclic) bond motifs is 1. The fourth-order valence-corrected chi connectivity index (χ4v) is 3.54. The molecule has 0 saturated carbocycles. The van der Waals surface area contributed by atoms with Gasteiger partial charge in [-0.25, -0.2) is 4.98 Å². The van der Waals surface area contributed by atoms with Crippen LogP contribution in [0.15, 0.2) is 53.3 Å². The molecule has 6 heteroatoms. The molecule has 1 unspecified atom stereocenters. The number of amides is 1. The SMILES string of the molecule is CC(c1nc2ccc(Cl)cc2c(=O)n1C)N(Cc1ccccc1)C(=O)C(C)(C)C. The van der Waals surface area contributed by atoms with E-state index < -0.39 is 5.41 Å². The quantitative estimate of drug-likeness (QED) is 0.624. The maximum atomic E-state index is 13.3. The summed E-state index contributed by atoms with van der Waals surface area (Å²) in [6.07, 6.45) is 0. The minimum atomic E-state index is -0.563. The van der Waals surface area contributed by atoms with Crippen LogP contribution in [0.25, 0.3) is 10.9 Å². The van der Waals surface area contributed by atoms with Gasteiger partial charge in [0.05, 0.1) is 16.9 Å². The molecule has 0 aliphatic rings. The first kappa shape index (κ1) is 21.1. The van der Waals surface area contributed by atoms with Gasteiger partial charge in [-0.05, 0) is 30.7 Å². The molecule has 0 saturated heterocycles. The molecule has 29 heavy (non-hydrogen) atoms. The first-order valence-corrected chi connectivity index (χ1v) is 9.98. The van der Waals surface area contributed by atoms with Crippen LogP contribution in [0.3, 0.4) is 0 Å². The number of halogens is 1. The Bertz CT molecular complexity index is 1100. The molecule has 1 amide bonds. The smallest absolute Gasteiger partial charge is 0.261 e. The molecule has 3 aromatic rings. The maximum Gasteiger partial charge on any atom is 0.261 e. The van der Waals surface area contributed by atoms with E-state index in [1.54, 1.807) is 30.1 Å². The fraction of sp³-hybridized carbons (Fsp3) is 0.348. The summed E-state index contributed by atoms with van der Waals surface area (Å²) in [4.78, 5) is 32.7. The normalized spacial score (nSPS) is 12.8. The molecule has 1 aromatic heterocycles. The zero-order chi connectivity index (χ0) is 21.3. The molecule has 0 spiro atoms. The van der Waals surface area contributed by atoms with Crippen molar-refractivity contribution in [2.45, 2.75) is 40.3 Å². The first-order valence-electron chi connectivity index (χ1n) is 9.61. The summed E-state index contributed by atoms with van der Waals surface area (Å²) in [5.74, 6) is 0.539. The monoisotopic (exact) mass is 411 g/mol. The van der Waals surface area contributed by atoms with Gasteiger partial charge in [0.15, 0.2) is 0 Å². The van der Waals surface area contributed by atoms with E-state index in [2.05, 4.69) is 0 Å². The number of carbonyl (C=O) groups is 1. The Balaban J connectivity index is 2.11. The van der Waals surface area contributed by atoms with Gasteiger partial charge < -0.3 is 4.90 Å². The number of hydrogen-bond donors (Lipinski definition) is 0. The van der Waals surface area contributed by atoms with Gasteiger partial charge in [0.1, 0.15) is 5.82 Å². The highest BCUT2D eigenvalue weighted by atomic mass is 35.5. The van der Waals surface area contributed by atoms with Crippen molar-refractivity contribution in [2.75, 3.05) is 0 Å². The van der Waals surface area contributed by atoms with Crippen LogP contribution in [-0.2, 0) is 18.4 Å². The second-order valence-corrected chi connectivity index (χ2v) is 8.78. The highest BCUT2D eigenvalue weighted by molar-refractivity contribution is 6.31. The van der Waals surface area contributed by atoms with Crippen molar-refractivity contribution in [3.63, 3.8) is 0 Å². The van der Waals surface area contributed by atoms with Crippen molar-refractivity contribution in [3.05, 3.63) is 75.3 Å². The van der Waals surface area contributed by atoms with Crippen LogP contribution in [-0.4, -0.2) is 20.4 Å². The molecule has 0 aliphatic heterocycles. The average molecular weight is 412 g/mol. The summed E-state index contributed by atoms with van der Waals surface area (Å²) in [6.45, 7) is 8.04. The largest absolute Gasteiger partial charge is 0.328 e. The Morgan fingerprint density at radius 2 is 1.83 bits per heavy atom. The molecule has 0 bridgehead atoms. The number of aromatic nitrogens is 2. The maximum absolute atomic E-state index is 13.3. The molecule has 0 radical (unpaired) electrons. The predicted octanol–water partition coefficient (Wildman–Crippen LogP) is 4.72. The van der Waals surface area contributed by atoms with E-state index in [-0.39, 0.29) is 17.5 Å². The molecule has 1 heterocycles. The second-order valence-electron chi connectivity index (χ2n) is 8.34. The lowest BCUT2D eigenvalue weighted by molar-refractivity contribution is -0.142. The Hall–Kier alpha value is -2.66. The Morgan fingerprint density at radius 1 is 1.17 bits per heavy atom.